The monoisotopic (exact) mass is 317 g/mol. The summed E-state index contributed by atoms with van der Waals surface area (Å²) in [6, 6.07) is 3.89. The Bertz CT molecular complexity index is 682. The molecule has 1 saturated carbocycles. The Hall–Kier alpha value is -1.75. The molecule has 23 heavy (non-hydrogen) atoms. The van der Waals surface area contributed by atoms with Crippen molar-refractivity contribution in [2.45, 2.75) is 57.1 Å². The maximum atomic E-state index is 14.6. The molecular weight excluding hydrogens is 297 g/mol. The minimum Gasteiger partial charge on any atom is -0.455 e. The average molecular weight is 317 g/mol. The Balaban J connectivity index is 1.67. The van der Waals surface area contributed by atoms with Crippen molar-refractivity contribution in [3.63, 3.8) is 0 Å². The molecular formula is C18H20FNO3. The highest BCUT2D eigenvalue weighted by molar-refractivity contribution is 5.94. The van der Waals surface area contributed by atoms with E-state index in [-0.39, 0.29) is 12.0 Å². The molecule has 4 nitrogen and oxygen atoms in total. The van der Waals surface area contributed by atoms with Gasteiger partial charge in [-0.25, -0.2) is 9.18 Å². The molecule has 0 bridgehead atoms. The van der Waals surface area contributed by atoms with Crippen LogP contribution in [0.2, 0.25) is 0 Å². The lowest BCUT2D eigenvalue weighted by molar-refractivity contribution is -0.142. The number of aryl methyl sites for hydroxylation is 1. The molecule has 1 aromatic rings. The van der Waals surface area contributed by atoms with Crippen LogP contribution in [0, 0.1) is 12.8 Å². The van der Waals surface area contributed by atoms with E-state index < -0.39 is 17.2 Å². The summed E-state index contributed by atoms with van der Waals surface area (Å²) in [5, 5.41) is 0. The molecule has 122 valence electrons. The number of hydrogen-bond donors (Lipinski definition) is 0. The zero-order valence-corrected chi connectivity index (χ0v) is 13.3. The predicted octanol–water partition coefficient (Wildman–Crippen LogP) is 3.04. The van der Waals surface area contributed by atoms with Crippen LogP contribution in [-0.2, 0) is 20.9 Å². The van der Waals surface area contributed by atoms with Gasteiger partial charge in [-0.1, -0.05) is 6.07 Å². The fourth-order valence-corrected chi connectivity index (χ4v) is 4.28. The molecule has 4 rings (SSSR count). The van der Waals surface area contributed by atoms with E-state index in [0.29, 0.717) is 18.6 Å². The normalized spacial score (nSPS) is 38.2. The topological polar surface area (TPSA) is 48.4 Å². The minimum atomic E-state index is -1.48. The first-order valence-corrected chi connectivity index (χ1v) is 8.09. The molecule has 0 aromatic carbocycles. The molecule has 1 aliphatic heterocycles. The van der Waals surface area contributed by atoms with E-state index in [2.05, 4.69) is 4.98 Å². The summed E-state index contributed by atoms with van der Waals surface area (Å²) >= 11 is 0. The van der Waals surface area contributed by atoms with Gasteiger partial charge < -0.3 is 9.47 Å². The lowest BCUT2D eigenvalue weighted by Gasteiger charge is -2.40. The van der Waals surface area contributed by atoms with E-state index in [1.807, 2.05) is 19.1 Å². The molecule has 3 aliphatic rings. The first-order valence-electron chi connectivity index (χ1n) is 8.09. The highest BCUT2D eigenvalue weighted by Gasteiger charge is 2.65. The van der Waals surface area contributed by atoms with E-state index in [1.165, 1.54) is 13.0 Å². The Morgan fingerprint density at radius 3 is 3.00 bits per heavy atom. The molecule has 0 radical (unpaired) electrons. The largest absolute Gasteiger partial charge is 0.455 e. The number of aromatic nitrogens is 1. The summed E-state index contributed by atoms with van der Waals surface area (Å²) < 4.78 is 26.3. The second-order valence-electron chi connectivity index (χ2n) is 7.10. The number of hydrogen-bond acceptors (Lipinski definition) is 4. The van der Waals surface area contributed by atoms with Gasteiger partial charge in [-0.2, -0.15) is 0 Å². The molecule has 2 aliphatic carbocycles. The molecule has 0 amide bonds. The fourth-order valence-electron chi connectivity index (χ4n) is 4.28. The van der Waals surface area contributed by atoms with Crippen molar-refractivity contribution in [1.29, 1.82) is 0 Å². The van der Waals surface area contributed by atoms with Crippen LogP contribution in [-0.4, -0.2) is 28.3 Å². The van der Waals surface area contributed by atoms with Crippen LogP contribution < -0.4 is 0 Å². The smallest absolute Gasteiger partial charge is 0.337 e. The molecule has 1 saturated heterocycles. The van der Waals surface area contributed by atoms with Crippen molar-refractivity contribution in [3.8, 4) is 0 Å². The second-order valence-corrected chi connectivity index (χ2v) is 7.10. The van der Waals surface area contributed by atoms with Gasteiger partial charge >= 0.3 is 5.97 Å². The number of pyridine rings is 1. The first kappa shape index (κ1) is 14.8. The van der Waals surface area contributed by atoms with Crippen molar-refractivity contribution in [2.24, 2.45) is 5.92 Å². The van der Waals surface area contributed by atoms with Gasteiger partial charge in [-0.15, -0.1) is 0 Å². The number of carbonyl (C=O) groups excluding carboxylic acids is 1. The van der Waals surface area contributed by atoms with E-state index in [0.717, 1.165) is 24.1 Å². The highest BCUT2D eigenvalue weighted by Crippen LogP contribution is 2.56. The van der Waals surface area contributed by atoms with Gasteiger partial charge in [0, 0.05) is 11.9 Å². The summed E-state index contributed by atoms with van der Waals surface area (Å²) in [7, 11) is 0. The third kappa shape index (κ3) is 2.21. The maximum absolute atomic E-state index is 14.6. The van der Waals surface area contributed by atoms with E-state index in [9.17, 15) is 9.18 Å². The van der Waals surface area contributed by atoms with E-state index >= 15 is 0 Å². The van der Waals surface area contributed by atoms with Crippen molar-refractivity contribution in [2.75, 3.05) is 0 Å². The molecule has 0 N–H and O–H groups in total. The number of alkyl halides is 1. The van der Waals surface area contributed by atoms with Crippen LogP contribution in [0.15, 0.2) is 30.0 Å². The zero-order chi connectivity index (χ0) is 16.2. The number of esters is 1. The third-order valence-corrected chi connectivity index (χ3v) is 5.29. The molecule has 2 fully saturated rings. The van der Waals surface area contributed by atoms with Gasteiger partial charge in [-0.3, -0.25) is 4.98 Å². The van der Waals surface area contributed by atoms with Crippen LogP contribution >= 0.6 is 0 Å². The summed E-state index contributed by atoms with van der Waals surface area (Å²) in [4.78, 5) is 16.5. The minimum absolute atomic E-state index is 0.0210. The number of nitrogens with zero attached hydrogens (tertiary/aromatic N) is 1. The third-order valence-electron chi connectivity index (χ3n) is 5.29. The predicted molar refractivity (Wildman–Crippen MR) is 81.3 cm³/mol. The Kier molecular flexibility index (Phi) is 3.14. The van der Waals surface area contributed by atoms with Crippen molar-refractivity contribution < 1.29 is 18.7 Å². The quantitative estimate of drug-likeness (QED) is 0.804. The van der Waals surface area contributed by atoms with Crippen LogP contribution in [0.3, 0.4) is 0 Å². The number of ether oxygens (including phenoxy) is 2. The van der Waals surface area contributed by atoms with E-state index in [4.69, 9.17) is 9.47 Å². The Morgan fingerprint density at radius 1 is 1.43 bits per heavy atom. The van der Waals surface area contributed by atoms with Gasteiger partial charge in [0.25, 0.3) is 0 Å². The first-order chi connectivity index (χ1) is 10.9. The average Bonchev–Trinajstić information content (AvgIpc) is 2.96. The maximum Gasteiger partial charge on any atom is 0.337 e. The number of rotatable bonds is 3. The zero-order valence-electron chi connectivity index (χ0n) is 13.3. The standard InChI is InChI=1S/C18H20FNO3/c1-11-3-4-12(9-20-11)10-22-18-13-5-6-15(18)23-16(21)14(18)8-17(2,19)7-13/h3-4,8-9,13,15H,5-7,10H2,1-2H3/t13?,15-,17+,18+/m1/s1. The molecule has 2 heterocycles. The summed E-state index contributed by atoms with van der Waals surface area (Å²) in [6.07, 6.45) is 4.83. The van der Waals surface area contributed by atoms with Crippen molar-refractivity contribution in [3.05, 3.63) is 41.2 Å². The van der Waals surface area contributed by atoms with Crippen LogP contribution in [0.1, 0.15) is 37.4 Å². The fraction of sp³-hybridized carbons (Fsp3) is 0.556. The molecule has 1 unspecified atom stereocenters. The molecule has 5 heteroatoms. The highest BCUT2D eigenvalue weighted by atomic mass is 19.1. The van der Waals surface area contributed by atoms with Gasteiger partial charge in [0.1, 0.15) is 17.4 Å². The Labute approximate surface area is 134 Å². The van der Waals surface area contributed by atoms with E-state index in [1.54, 1.807) is 6.20 Å². The Morgan fingerprint density at radius 2 is 2.26 bits per heavy atom. The summed E-state index contributed by atoms with van der Waals surface area (Å²) in [6.45, 7) is 3.79. The number of allylic oxidation sites excluding steroid dienone is 1. The van der Waals surface area contributed by atoms with Gasteiger partial charge in [-0.05, 0) is 56.7 Å². The molecule has 0 spiro atoms. The molecule has 4 atom stereocenters. The second kappa shape index (κ2) is 4.87. The SMILES string of the molecule is Cc1ccc(CO[C@]23C4=C[C@@](C)(F)CC2CC[C@H]3OC4=O)cn1. The van der Waals surface area contributed by atoms with Crippen LogP contribution in [0.4, 0.5) is 4.39 Å². The lowest BCUT2D eigenvalue weighted by atomic mass is 9.72. The van der Waals surface area contributed by atoms with Crippen molar-refractivity contribution >= 4 is 5.97 Å². The summed E-state index contributed by atoms with van der Waals surface area (Å²) in [5.41, 5.74) is 0.000159. The van der Waals surface area contributed by atoms with Gasteiger partial charge in [0.2, 0.25) is 0 Å². The molecule has 1 aromatic heterocycles. The summed E-state index contributed by atoms with van der Waals surface area (Å²) in [5.74, 6) is -0.447. The lowest BCUT2D eigenvalue weighted by Crippen LogP contribution is -2.49. The number of carbonyl (C=O) groups is 1. The number of halogens is 1. The van der Waals surface area contributed by atoms with Crippen LogP contribution in [0.5, 0.6) is 0 Å². The van der Waals surface area contributed by atoms with Gasteiger partial charge in [0.05, 0.1) is 12.2 Å². The van der Waals surface area contributed by atoms with Gasteiger partial charge in [0.15, 0.2) is 0 Å². The van der Waals surface area contributed by atoms with Crippen molar-refractivity contribution in [1.82, 2.24) is 4.98 Å². The van der Waals surface area contributed by atoms with Crippen LogP contribution in [0.25, 0.3) is 0 Å².